The first kappa shape index (κ1) is 12.1. The monoisotopic (exact) mass is 228 g/mol. The third kappa shape index (κ3) is 3.60. The smallest absolute Gasteiger partial charge is 0.242 e. The fraction of sp³-hybridized carbons (Fsp3) is 0.500. The molecule has 0 saturated heterocycles. The summed E-state index contributed by atoms with van der Waals surface area (Å²) in [6.45, 7) is 7.21. The van der Waals surface area contributed by atoms with Gasteiger partial charge in [-0.15, -0.1) is 0 Å². The maximum absolute atomic E-state index is 11.8. The molecular weight excluding hydrogens is 212 g/mol. The Bertz CT molecular complexity index is 429. The van der Waals surface area contributed by atoms with Crippen molar-refractivity contribution in [2.75, 3.05) is 0 Å². The van der Waals surface area contributed by atoms with Gasteiger partial charge in [-0.2, -0.15) is 0 Å². The van der Waals surface area contributed by atoms with Crippen molar-refractivity contribution in [3.8, 4) is 0 Å². The van der Waals surface area contributed by atoms with Crippen LogP contribution in [0.4, 0.5) is 0 Å². The van der Waals surface area contributed by atoms with Crippen molar-refractivity contribution >= 4 is 10.0 Å². The van der Waals surface area contributed by atoms with Crippen LogP contribution in [0, 0.1) is 6.92 Å². The molecule has 1 aromatic rings. The zero-order valence-electron chi connectivity index (χ0n) is 9.40. The number of nitrogens with zero attached hydrogens (tertiary/aromatic N) is 1. The molecule has 0 aliphatic rings. The van der Waals surface area contributed by atoms with E-state index in [2.05, 4.69) is 9.71 Å². The maximum atomic E-state index is 11.8. The quantitative estimate of drug-likeness (QED) is 0.833. The molecule has 0 aliphatic carbocycles. The number of rotatable bonds is 2. The van der Waals surface area contributed by atoms with Gasteiger partial charge >= 0.3 is 0 Å². The van der Waals surface area contributed by atoms with Crippen molar-refractivity contribution in [2.24, 2.45) is 0 Å². The van der Waals surface area contributed by atoms with Crippen molar-refractivity contribution in [1.29, 1.82) is 0 Å². The number of nitrogens with one attached hydrogen (secondary N) is 1. The molecule has 0 bridgehead atoms. The molecule has 1 rings (SSSR count). The highest BCUT2D eigenvalue weighted by atomic mass is 32.2. The van der Waals surface area contributed by atoms with Crippen LogP contribution in [-0.4, -0.2) is 18.9 Å². The van der Waals surface area contributed by atoms with E-state index in [0.717, 1.165) is 5.69 Å². The number of pyridine rings is 1. The lowest BCUT2D eigenvalue weighted by atomic mass is 10.1. The van der Waals surface area contributed by atoms with Gasteiger partial charge in [0.25, 0.3) is 0 Å². The predicted molar refractivity (Wildman–Crippen MR) is 59.0 cm³/mol. The standard InChI is InChI=1S/C10H16N2O2S/c1-8-5-6-9(7-11-8)15(13,14)12-10(2,3)4/h5-7,12H,1-4H3. The Morgan fingerprint density at radius 3 is 2.27 bits per heavy atom. The average Bonchev–Trinajstić information content (AvgIpc) is 2.00. The highest BCUT2D eigenvalue weighted by Gasteiger charge is 2.21. The summed E-state index contributed by atoms with van der Waals surface area (Å²) in [5, 5.41) is 0. The molecule has 0 aromatic carbocycles. The highest BCUT2D eigenvalue weighted by molar-refractivity contribution is 7.89. The van der Waals surface area contributed by atoms with E-state index in [1.807, 2.05) is 6.92 Å². The summed E-state index contributed by atoms with van der Waals surface area (Å²) in [7, 11) is -3.45. The van der Waals surface area contributed by atoms with E-state index >= 15 is 0 Å². The number of aryl methyl sites for hydroxylation is 1. The van der Waals surface area contributed by atoms with Crippen molar-refractivity contribution in [2.45, 2.75) is 38.1 Å². The van der Waals surface area contributed by atoms with Crippen LogP contribution in [0.3, 0.4) is 0 Å². The number of hydrogen-bond donors (Lipinski definition) is 1. The fourth-order valence-corrected chi connectivity index (χ4v) is 2.44. The Kier molecular flexibility index (Phi) is 3.16. The van der Waals surface area contributed by atoms with E-state index in [9.17, 15) is 8.42 Å². The van der Waals surface area contributed by atoms with Gasteiger partial charge < -0.3 is 0 Å². The number of hydrogen-bond acceptors (Lipinski definition) is 3. The number of aromatic nitrogens is 1. The molecule has 4 nitrogen and oxygen atoms in total. The normalized spacial score (nSPS) is 12.8. The van der Waals surface area contributed by atoms with Gasteiger partial charge in [0.2, 0.25) is 10.0 Å². The second-order valence-electron chi connectivity index (χ2n) is 4.49. The minimum atomic E-state index is -3.45. The Balaban J connectivity index is 3.02. The van der Waals surface area contributed by atoms with Gasteiger partial charge in [-0.3, -0.25) is 4.98 Å². The summed E-state index contributed by atoms with van der Waals surface area (Å²) in [6, 6.07) is 3.23. The largest absolute Gasteiger partial charge is 0.260 e. The third-order valence-electron chi connectivity index (χ3n) is 1.64. The van der Waals surface area contributed by atoms with E-state index in [4.69, 9.17) is 0 Å². The predicted octanol–water partition coefficient (Wildman–Crippen LogP) is 1.47. The third-order valence-corrected chi connectivity index (χ3v) is 3.38. The van der Waals surface area contributed by atoms with Crippen molar-refractivity contribution in [3.05, 3.63) is 24.0 Å². The van der Waals surface area contributed by atoms with Gasteiger partial charge in [0.05, 0.1) is 0 Å². The van der Waals surface area contributed by atoms with Crippen LogP contribution in [0.2, 0.25) is 0 Å². The van der Waals surface area contributed by atoms with Gasteiger partial charge in [0, 0.05) is 17.4 Å². The van der Waals surface area contributed by atoms with Gasteiger partial charge in [0.1, 0.15) is 4.90 Å². The molecular formula is C10H16N2O2S. The van der Waals surface area contributed by atoms with Gasteiger partial charge in [-0.25, -0.2) is 13.1 Å². The molecule has 84 valence electrons. The maximum Gasteiger partial charge on any atom is 0.242 e. The van der Waals surface area contributed by atoms with Gasteiger partial charge in [-0.05, 0) is 39.8 Å². The zero-order valence-corrected chi connectivity index (χ0v) is 10.2. The molecule has 0 aliphatic heterocycles. The summed E-state index contributed by atoms with van der Waals surface area (Å²) in [4.78, 5) is 4.15. The second-order valence-corrected chi connectivity index (χ2v) is 6.17. The SMILES string of the molecule is Cc1ccc(S(=O)(=O)NC(C)(C)C)cn1. The molecule has 0 radical (unpaired) electrons. The molecule has 15 heavy (non-hydrogen) atoms. The summed E-state index contributed by atoms with van der Waals surface area (Å²) in [5.74, 6) is 0. The molecule has 0 amide bonds. The molecule has 1 N–H and O–H groups in total. The zero-order chi connectivity index (χ0) is 11.7. The van der Waals surface area contributed by atoms with Crippen LogP contribution in [0.1, 0.15) is 26.5 Å². The summed E-state index contributed by atoms with van der Waals surface area (Å²) in [6.07, 6.45) is 1.36. The number of sulfonamides is 1. The minimum absolute atomic E-state index is 0.197. The van der Waals surface area contributed by atoms with E-state index in [1.54, 1.807) is 32.9 Å². The molecule has 0 atom stereocenters. The fourth-order valence-electron chi connectivity index (χ4n) is 1.08. The lowest BCUT2D eigenvalue weighted by Gasteiger charge is -2.20. The summed E-state index contributed by atoms with van der Waals surface area (Å²) >= 11 is 0. The Morgan fingerprint density at radius 2 is 1.87 bits per heavy atom. The van der Waals surface area contributed by atoms with E-state index in [1.165, 1.54) is 6.20 Å². The van der Waals surface area contributed by atoms with Crippen LogP contribution in [0.15, 0.2) is 23.2 Å². The lowest BCUT2D eigenvalue weighted by molar-refractivity contribution is 0.491. The molecule has 1 heterocycles. The molecule has 0 unspecified atom stereocenters. The Morgan fingerprint density at radius 1 is 1.27 bits per heavy atom. The van der Waals surface area contributed by atoms with Crippen molar-refractivity contribution in [3.63, 3.8) is 0 Å². The first-order valence-corrected chi connectivity index (χ1v) is 6.16. The van der Waals surface area contributed by atoms with E-state index in [0.29, 0.717) is 0 Å². The molecule has 0 fully saturated rings. The van der Waals surface area contributed by atoms with Gasteiger partial charge in [0.15, 0.2) is 0 Å². The van der Waals surface area contributed by atoms with Crippen LogP contribution >= 0.6 is 0 Å². The van der Waals surface area contributed by atoms with E-state index in [-0.39, 0.29) is 4.90 Å². The van der Waals surface area contributed by atoms with Crippen LogP contribution in [-0.2, 0) is 10.0 Å². The first-order valence-electron chi connectivity index (χ1n) is 4.67. The second kappa shape index (κ2) is 3.90. The first-order chi connectivity index (χ1) is 6.71. The van der Waals surface area contributed by atoms with Crippen LogP contribution in [0.5, 0.6) is 0 Å². The van der Waals surface area contributed by atoms with Crippen molar-refractivity contribution in [1.82, 2.24) is 9.71 Å². The average molecular weight is 228 g/mol. The molecule has 0 spiro atoms. The molecule has 0 saturated carbocycles. The Labute approximate surface area is 90.8 Å². The Hall–Kier alpha value is -0.940. The molecule has 5 heteroatoms. The van der Waals surface area contributed by atoms with Crippen molar-refractivity contribution < 1.29 is 8.42 Å². The lowest BCUT2D eigenvalue weighted by Crippen LogP contribution is -2.40. The van der Waals surface area contributed by atoms with Gasteiger partial charge in [-0.1, -0.05) is 0 Å². The van der Waals surface area contributed by atoms with Crippen LogP contribution < -0.4 is 4.72 Å². The van der Waals surface area contributed by atoms with E-state index < -0.39 is 15.6 Å². The van der Waals surface area contributed by atoms with Crippen LogP contribution in [0.25, 0.3) is 0 Å². The summed E-state index contributed by atoms with van der Waals surface area (Å²) < 4.78 is 26.2. The summed E-state index contributed by atoms with van der Waals surface area (Å²) in [5.41, 5.74) is 0.314. The highest BCUT2D eigenvalue weighted by Crippen LogP contribution is 2.11. The minimum Gasteiger partial charge on any atom is -0.260 e. The topological polar surface area (TPSA) is 59.1 Å². The molecule has 1 aromatic heterocycles.